The second kappa shape index (κ2) is 16.2. The summed E-state index contributed by atoms with van der Waals surface area (Å²) in [4.78, 5) is 0. The topological polar surface area (TPSA) is 97.3 Å². The summed E-state index contributed by atoms with van der Waals surface area (Å²) in [6.07, 6.45) is 0. The van der Waals surface area contributed by atoms with E-state index in [4.69, 9.17) is 21.7 Å². The van der Waals surface area contributed by atoms with Crippen molar-refractivity contribution in [1.82, 2.24) is 0 Å². The third-order valence-electron chi connectivity index (χ3n) is 9.00. The van der Waals surface area contributed by atoms with Crippen molar-refractivity contribution < 1.29 is 140 Å². The molecule has 10 aromatic carbocycles. The summed E-state index contributed by atoms with van der Waals surface area (Å²) in [5, 5.41) is 25.0. The summed E-state index contributed by atoms with van der Waals surface area (Å²) in [5.74, 6) is 0. The van der Waals surface area contributed by atoms with Crippen molar-refractivity contribution in [1.29, 1.82) is 0 Å². The minimum Gasteiger partial charge on any atom is -0.813 e. The third-order valence-corrected chi connectivity index (χ3v) is 10.3. The fourth-order valence-electron chi connectivity index (χ4n) is 7.64. The standard InChI is InChI=1S/C36H18.4Na.H2O5S2.2H2S/c1-7-19-8-2-14-23-28(19)22(13-1)31-32(23)34-26-17-5-11-21-12-6-18-27(30(21)26)36(34)35-25-16-4-10-20-9-3-15-24(29(20)25)33(31)35;;;;;1-6(2)7(3,4)5;;/h1-18H;;;;;(H,1,2)(H,3,4,5);2*1H2/q;4*+1;;;/p-3. The zero-order valence-corrected chi connectivity index (χ0v) is 38.7. The van der Waals surface area contributed by atoms with Gasteiger partial charge in [-0.3, -0.25) is 4.21 Å². The molecule has 5 nitrogen and oxygen atoms in total. The average Bonchev–Trinajstić information content (AvgIpc) is 3.64. The van der Waals surface area contributed by atoms with Gasteiger partial charge in [-0.25, -0.2) is 8.42 Å². The molecule has 13 heteroatoms. The van der Waals surface area contributed by atoms with Gasteiger partial charge in [-0.15, -0.1) is 0 Å². The predicted octanol–water partition coefficient (Wildman–Crippen LogP) is -3.44. The van der Waals surface area contributed by atoms with Gasteiger partial charge in [-0.05, 0) is 97.0 Å². The normalized spacial score (nSPS) is 11.9. The van der Waals surface area contributed by atoms with Crippen LogP contribution in [0.1, 0.15) is 0 Å². The van der Waals surface area contributed by atoms with Crippen LogP contribution in [0.4, 0.5) is 0 Å². The monoisotopic (exact) mass is 753 g/mol. The second-order valence-corrected chi connectivity index (χ2v) is 14.3. The second-order valence-electron chi connectivity index (χ2n) is 11.0. The summed E-state index contributed by atoms with van der Waals surface area (Å²) in [6, 6.07) is 41.0. The van der Waals surface area contributed by atoms with Gasteiger partial charge in [0.15, 0.2) is 9.15 Å². The van der Waals surface area contributed by atoms with E-state index in [0.717, 1.165) is 0 Å². The van der Waals surface area contributed by atoms with Crippen molar-refractivity contribution >= 4 is 143 Å². The van der Waals surface area contributed by atoms with Crippen LogP contribution in [0.15, 0.2) is 109 Å². The maximum atomic E-state index is 9.16. The molecule has 0 spiro atoms. The molecule has 10 aromatic rings. The Morgan fingerprint density at radius 1 is 0.408 bits per heavy atom. The number of rotatable bonds is 1. The SMILES string of the molecule is O=S([O-])S(=O)(=O)[O-].S.[Na+].[Na+].[Na+].[Na+].[SH-].c1cc2cccc3c2c(c1)c1c2c4cccc5cccc(c54)c2c2c4cccc5cccc(c54)c2c31. The molecule has 0 aromatic heterocycles. The molecule has 0 aliphatic carbocycles. The summed E-state index contributed by atoms with van der Waals surface area (Å²) < 4.78 is 45.7. The minimum atomic E-state index is -5.07. The Hall–Kier alpha value is 0.0400. The van der Waals surface area contributed by atoms with Crippen molar-refractivity contribution in [2.75, 3.05) is 0 Å². The largest absolute Gasteiger partial charge is 1.00 e. The van der Waals surface area contributed by atoms with Crippen LogP contribution in [0, 0.1) is 0 Å². The van der Waals surface area contributed by atoms with Gasteiger partial charge in [-0.1, -0.05) is 109 Å². The average molecular weight is 754 g/mol. The summed E-state index contributed by atoms with van der Waals surface area (Å²) in [7, 11) is -8.59. The molecule has 0 saturated heterocycles. The van der Waals surface area contributed by atoms with Gasteiger partial charge in [0, 0.05) is 0 Å². The van der Waals surface area contributed by atoms with Crippen molar-refractivity contribution in [3.8, 4) is 0 Å². The molecule has 0 amide bonds. The zero-order valence-electron chi connectivity index (χ0n) is 27.2. The molecule has 0 aliphatic heterocycles. The molecule has 0 bridgehead atoms. The Bertz CT molecular complexity index is 2450. The van der Waals surface area contributed by atoms with Gasteiger partial charge in [0.05, 0.1) is 10.1 Å². The van der Waals surface area contributed by atoms with E-state index in [1.807, 2.05) is 0 Å². The molecule has 0 fully saturated rings. The Morgan fingerprint density at radius 3 is 0.714 bits per heavy atom. The fraction of sp³-hybridized carbons (Fsp3) is 0. The summed E-state index contributed by atoms with van der Waals surface area (Å²) in [6.45, 7) is 0. The summed E-state index contributed by atoms with van der Waals surface area (Å²) >= 11 is 0. The molecular weight excluding hydrogens is 733 g/mol. The van der Waals surface area contributed by atoms with Crippen LogP contribution in [0.5, 0.6) is 0 Å². The Balaban J connectivity index is 0.000000460. The van der Waals surface area contributed by atoms with E-state index in [-0.39, 0.29) is 145 Å². The van der Waals surface area contributed by atoms with Crippen molar-refractivity contribution in [2.24, 2.45) is 0 Å². The Labute approximate surface area is 386 Å². The molecule has 0 aliphatic rings. The van der Waals surface area contributed by atoms with Crippen LogP contribution in [-0.2, 0) is 32.8 Å². The first-order valence-corrected chi connectivity index (χ1v) is 16.7. The van der Waals surface area contributed by atoms with Crippen molar-refractivity contribution in [3.63, 3.8) is 0 Å². The van der Waals surface area contributed by atoms with Crippen LogP contribution in [0.3, 0.4) is 0 Å². The minimum absolute atomic E-state index is 0. The number of fused-ring (bicyclic) bond motifs is 12. The van der Waals surface area contributed by atoms with Crippen LogP contribution >= 0.6 is 13.5 Å². The summed E-state index contributed by atoms with van der Waals surface area (Å²) in [5.41, 5.74) is 0. The van der Waals surface area contributed by atoms with Gasteiger partial charge < -0.3 is 22.6 Å². The molecule has 0 N–H and O–H groups in total. The smallest absolute Gasteiger partial charge is 0.813 e. The first kappa shape index (κ1) is 43.4. The van der Waals surface area contributed by atoms with Crippen molar-refractivity contribution in [2.45, 2.75) is 0 Å². The van der Waals surface area contributed by atoms with E-state index >= 15 is 0 Å². The molecule has 10 rings (SSSR count). The van der Waals surface area contributed by atoms with E-state index in [2.05, 4.69) is 109 Å². The van der Waals surface area contributed by atoms with Crippen LogP contribution in [-0.4, -0.2) is 21.7 Å². The van der Waals surface area contributed by atoms with E-state index < -0.39 is 19.3 Å². The molecule has 0 radical (unpaired) electrons. The van der Waals surface area contributed by atoms with Gasteiger partial charge in [0.2, 0.25) is 0 Å². The Kier molecular flexibility index (Phi) is 14.4. The maximum absolute atomic E-state index is 9.16. The molecule has 49 heavy (non-hydrogen) atoms. The number of benzene rings is 7. The molecule has 1 atom stereocenters. The predicted molar refractivity (Wildman–Crippen MR) is 195 cm³/mol. The van der Waals surface area contributed by atoms with E-state index in [1.165, 1.54) is 97.0 Å². The van der Waals surface area contributed by atoms with Crippen LogP contribution in [0.25, 0.3) is 97.0 Å². The maximum Gasteiger partial charge on any atom is 1.00 e. The third kappa shape index (κ3) is 6.41. The van der Waals surface area contributed by atoms with Gasteiger partial charge >= 0.3 is 118 Å². The number of hydrogen-bond acceptors (Lipinski definition) is 6. The van der Waals surface area contributed by atoms with E-state index in [0.29, 0.717) is 0 Å². The van der Waals surface area contributed by atoms with Crippen molar-refractivity contribution in [3.05, 3.63) is 109 Å². The van der Waals surface area contributed by atoms with Gasteiger partial charge in [0.25, 0.3) is 0 Å². The first-order chi connectivity index (χ1) is 20.8. The zero-order chi connectivity index (χ0) is 29.2. The van der Waals surface area contributed by atoms with Gasteiger partial charge in [0.1, 0.15) is 0 Å². The van der Waals surface area contributed by atoms with Gasteiger partial charge in [-0.2, -0.15) is 13.5 Å². The van der Waals surface area contributed by atoms with Crippen LogP contribution < -0.4 is 118 Å². The number of thiol groups is 1. The van der Waals surface area contributed by atoms with E-state index in [9.17, 15) is 0 Å². The van der Waals surface area contributed by atoms with Crippen LogP contribution in [0.2, 0.25) is 0 Å². The molecule has 0 saturated carbocycles. The molecule has 222 valence electrons. The molecule has 1 unspecified atom stereocenters. The first-order valence-electron chi connectivity index (χ1n) is 13.7. The quantitative estimate of drug-likeness (QED) is 0.0433. The number of hydrogen-bond donors (Lipinski definition) is 0. The Morgan fingerprint density at radius 2 is 0.571 bits per heavy atom. The molecule has 0 heterocycles. The fourth-order valence-corrected chi connectivity index (χ4v) is 7.64. The van der Waals surface area contributed by atoms with E-state index in [1.54, 1.807) is 0 Å². The molecular formula is C36H21Na4O5S4+.